The Morgan fingerprint density at radius 3 is 2.72 bits per heavy atom. The van der Waals surface area contributed by atoms with Crippen molar-refractivity contribution in [3.8, 4) is 11.5 Å². The summed E-state index contributed by atoms with van der Waals surface area (Å²) in [4.78, 5) is 46.8. The minimum atomic E-state index is -0.483. The fraction of sp³-hybridized carbons (Fsp3) is 0.381. The highest BCUT2D eigenvalue weighted by Gasteiger charge is 2.19. The number of thioether (sulfide) groups is 1. The number of nitrogens with zero attached hydrogens (tertiary/aromatic N) is 4. The number of amides is 1. The summed E-state index contributed by atoms with van der Waals surface area (Å²) < 4.78 is 13.0. The molecule has 168 valence electrons. The number of benzene rings is 1. The van der Waals surface area contributed by atoms with Crippen LogP contribution in [0.2, 0.25) is 0 Å². The third-order valence-electron chi connectivity index (χ3n) is 5.06. The maximum absolute atomic E-state index is 12.8. The zero-order chi connectivity index (χ0) is 22.8. The summed E-state index contributed by atoms with van der Waals surface area (Å²) in [7, 11) is 2.98. The van der Waals surface area contributed by atoms with Crippen LogP contribution in [0.15, 0.2) is 32.8 Å². The molecule has 1 aliphatic heterocycles. The summed E-state index contributed by atoms with van der Waals surface area (Å²) in [5, 5.41) is 3.43. The predicted octanol–water partition coefficient (Wildman–Crippen LogP) is 1.83. The Morgan fingerprint density at radius 1 is 1.16 bits per heavy atom. The van der Waals surface area contributed by atoms with E-state index < -0.39 is 11.2 Å². The van der Waals surface area contributed by atoms with E-state index in [4.69, 9.17) is 9.47 Å². The summed E-state index contributed by atoms with van der Waals surface area (Å²) in [6.45, 7) is 2.21. The van der Waals surface area contributed by atoms with E-state index in [2.05, 4.69) is 22.2 Å². The van der Waals surface area contributed by atoms with Crippen molar-refractivity contribution in [3.05, 3.63) is 44.9 Å². The normalized spacial score (nSPS) is 12.3. The molecular weight excluding hydrogens is 434 g/mol. The first kappa shape index (κ1) is 21.9. The Balaban J connectivity index is 1.61. The minimum absolute atomic E-state index is 0.0275. The Bertz CT molecular complexity index is 1320. The van der Waals surface area contributed by atoms with Gasteiger partial charge in [0.15, 0.2) is 17.1 Å². The molecule has 0 aliphatic carbocycles. The SMILES string of the molecule is CCCCc1nc(SCC(=O)Nc2ccc3c(c2)OCO3)c2c(=O)n(C)c(=O)n(C)c2n1. The van der Waals surface area contributed by atoms with Crippen LogP contribution in [0.5, 0.6) is 11.5 Å². The molecule has 11 heteroatoms. The van der Waals surface area contributed by atoms with E-state index >= 15 is 0 Å². The van der Waals surface area contributed by atoms with Crippen LogP contribution in [0.25, 0.3) is 11.0 Å². The van der Waals surface area contributed by atoms with Gasteiger partial charge in [0.1, 0.15) is 16.2 Å². The van der Waals surface area contributed by atoms with Crippen LogP contribution in [0, 0.1) is 0 Å². The average Bonchev–Trinajstić information content (AvgIpc) is 3.26. The molecule has 3 heterocycles. The molecule has 1 N–H and O–H groups in total. The van der Waals surface area contributed by atoms with E-state index in [0.29, 0.717) is 34.5 Å². The number of aromatic nitrogens is 4. The van der Waals surface area contributed by atoms with Gasteiger partial charge in [-0.2, -0.15) is 0 Å². The zero-order valence-corrected chi connectivity index (χ0v) is 18.8. The van der Waals surface area contributed by atoms with E-state index in [1.54, 1.807) is 25.2 Å². The van der Waals surface area contributed by atoms with Gasteiger partial charge in [-0.15, -0.1) is 0 Å². The number of nitrogens with one attached hydrogen (secondary N) is 1. The molecule has 1 aliphatic rings. The highest BCUT2D eigenvalue weighted by atomic mass is 32.2. The molecule has 10 nitrogen and oxygen atoms in total. The number of carbonyl (C=O) groups is 1. The van der Waals surface area contributed by atoms with Gasteiger partial charge >= 0.3 is 5.69 Å². The number of rotatable bonds is 7. The summed E-state index contributed by atoms with van der Waals surface area (Å²) in [5.74, 6) is 1.51. The van der Waals surface area contributed by atoms with Crippen molar-refractivity contribution in [1.82, 2.24) is 19.1 Å². The molecule has 1 aromatic carbocycles. The third-order valence-corrected chi connectivity index (χ3v) is 6.04. The molecule has 0 saturated heterocycles. The molecule has 0 atom stereocenters. The van der Waals surface area contributed by atoms with Crippen molar-refractivity contribution in [2.24, 2.45) is 14.1 Å². The Morgan fingerprint density at radius 2 is 1.94 bits per heavy atom. The quantitative estimate of drug-likeness (QED) is 0.422. The van der Waals surface area contributed by atoms with Gasteiger partial charge in [0.2, 0.25) is 12.7 Å². The lowest BCUT2D eigenvalue weighted by Gasteiger charge is -2.12. The van der Waals surface area contributed by atoms with Gasteiger partial charge in [-0.3, -0.25) is 18.7 Å². The molecule has 0 spiro atoms. The van der Waals surface area contributed by atoms with Crippen LogP contribution in [-0.4, -0.2) is 37.6 Å². The second kappa shape index (κ2) is 9.03. The van der Waals surface area contributed by atoms with E-state index in [1.807, 2.05) is 0 Å². The number of aryl methyl sites for hydroxylation is 2. The average molecular weight is 458 g/mol. The number of unbranched alkanes of at least 4 members (excludes halogenated alkanes) is 1. The molecule has 32 heavy (non-hydrogen) atoms. The Hall–Kier alpha value is -3.34. The molecule has 0 saturated carbocycles. The van der Waals surface area contributed by atoms with Crippen LogP contribution in [0.1, 0.15) is 25.6 Å². The lowest BCUT2D eigenvalue weighted by atomic mass is 10.2. The Labute approximate surface area is 187 Å². The number of carbonyl (C=O) groups excluding carboxylic acids is 1. The maximum Gasteiger partial charge on any atom is 0.332 e. The van der Waals surface area contributed by atoms with E-state index in [-0.39, 0.29) is 29.5 Å². The summed E-state index contributed by atoms with van der Waals surface area (Å²) in [6, 6.07) is 5.15. The molecule has 3 aromatic rings. The third kappa shape index (κ3) is 4.20. The van der Waals surface area contributed by atoms with Gasteiger partial charge in [-0.05, 0) is 18.6 Å². The molecule has 1 amide bonds. The number of fused-ring (bicyclic) bond motifs is 2. The van der Waals surface area contributed by atoms with Gasteiger partial charge < -0.3 is 14.8 Å². The first-order chi connectivity index (χ1) is 15.4. The maximum atomic E-state index is 12.8. The van der Waals surface area contributed by atoms with Crippen molar-refractivity contribution in [3.63, 3.8) is 0 Å². The molecule has 2 aromatic heterocycles. The van der Waals surface area contributed by atoms with E-state index in [9.17, 15) is 14.4 Å². The van der Waals surface area contributed by atoms with Crippen molar-refractivity contribution in [2.75, 3.05) is 17.9 Å². The zero-order valence-electron chi connectivity index (χ0n) is 18.0. The van der Waals surface area contributed by atoms with Gasteiger partial charge in [0.05, 0.1) is 5.75 Å². The second-order valence-corrected chi connectivity index (χ2v) is 8.32. The molecule has 0 bridgehead atoms. The van der Waals surface area contributed by atoms with Crippen LogP contribution in [0.3, 0.4) is 0 Å². The van der Waals surface area contributed by atoms with E-state index in [1.165, 1.54) is 11.6 Å². The molecule has 4 rings (SSSR count). The fourth-order valence-corrected chi connectivity index (χ4v) is 4.16. The van der Waals surface area contributed by atoms with E-state index in [0.717, 1.165) is 29.2 Å². The largest absolute Gasteiger partial charge is 0.454 e. The lowest BCUT2D eigenvalue weighted by molar-refractivity contribution is -0.113. The van der Waals surface area contributed by atoms with Crippen molar-refractivity contribution in [1.29, 1.82) is 0 Å². The fourth-order valence-electron chi connectivity index (χ4n) is 3.33. The highest BCUT2D eigenvalue weighted by molar-refractivity contribution is 8.00. The molecular formula is C21H23N5O5S. The van der Waals surface area contributed by atoms with Crippen molar-refractivity contribution in [2.45, 2.75) is 31.2 Å². The van der Waals surface area contributed by atoms with Crippen molar-refractivity contribution < 1.29 is 14.3 Å². The van der Waals surface area contributed by atoms with Crippen LogP contribution in [-0.2, 0) is 25.3 Å². The highest BCUT2D eigenvalue weighted by Crippen LogP contribution is 2.34. The van der Waals surface area contributed by atoms with Gasteiger partial charge in [-0.1, -0.05) is 25.1 Å². The van der Waals surface area contributed by atoms with Crippen molar-refractivity contribution >= 4 is 34.4 Å². The minimum Gasteiger partial charge on any atom is -0.454 e. The first-order valence-corrected chi connectivity index (χ1v) is 11.2. The Kier molecular flexibility index (Phi) is 6.17. The summed E-state index contributed by atoms with van der Waals surface area (Å²) in [5.41, 5.74) is -0.0878. The van der Waals surface area contributed by atoms with Crippen LogP contribution < -0.4 is 26.0 Å². The van der Waals surface area contributed by atoms with Gasteiger partial charge in [0, 0.05) is 32.3 Å². The topological polar surface area (TPSA) is 117 Å². The smallest absolute Gasteiger partial charge is 0.332 e. The standard InChI is InChI=1S/C21H23N5O5S/c1-4-5-6-15-23-18-17(20(28)26(3)21(29)25(18)2)19(24-15)32-10-16(27)22-12-7-8-13-14(9-12)31-11-30-13/h7-9H,4-6,10-11H2,1-3H3,(H,22,27). The molecule has 0 radical (unpaired) electrons. The van der Waals surface area contributed by atoms with Crippen LogP contribution in [0.4, 0.5) is 5.69 Å². The number of hydrogen-bond acceptors (Lipinski definition) is 8. The van der Waals surface area contributed by atoms with Gasteiger partial charge in [0.25, 0.3) is 5.56 Å². The lowest BCUT2D eigenvalue weighted by Crippen LogP contribution is -2.38. The first-order valence-electron chi connectivity index (χ1n) is 10.2. The summed E-state index contributed by atoms with van der Waals surface area (Å²) >= 11 is 1.14. The predicted molar refractivity (Wildman–Crippen MR) is 121 cm³/mol. The molecule has 0 fully saturated rings. The second-order valence-electron chi connectivity index (χ2n) is 7.36. The summed E-state index contributed by atoms with van der Waals surface area (Å²) in [6.07, 6.45) is 2.45. The molecule has 0 unspecified atom stereocenters. The number of anilines is 1. The number of ether oxygens (including phenoxy) is 2. The number of hydrogen-bond donors (Lipinski definition) is 1. The van der Waals surface area contributed by atoms with Crippen LogP contribution >= 0.6 is 11.8 Å². The van der Waals surface area contributed by atoms with Gasteiger partial charge in [-0.25, -0.2) is 14.8 Å². The monoisotopic (exact) mass is 457 g/mol.